The average Bonchev–Trinajstić information content (AvgIpc) is 2.70. The lowest BCUT2D eigenvalue weighted by Crippen LogP contribution is -2.25. The lowest BCUT2D eigenvalue weighted by Gasteiger charge is -2.12. The van der Waals surface area contributed by atoms with Gasteiger partial charge in [-0.2, -0.15) is 5.10 Å². The molecule has 2 aromatic rings. The van der Waals surface area contributed by atoms with E-state index in [4.69, 9.17) is 5.73 Å². The summed E-state index contributed by atoms with van der Waals surface area (Å²) in [4.78, 5) is 0.285. The first-order valence-corrected chi connectivity index (χ1v) is 7.65. The Bertz CT molecular complexity index is 712. The second-order valence-electron chi connectivity index (χ2n) is 4.83. The monoisotopic (exact) mass is 294 g/mol. The molecule has 0 aliphatic rings. The summed E-state index contributed by atoms with van der Waals surface area (Å²) in [6, 6.07) is 3.31. The van der Waals surface area contributed by atoms with E-state index in [0.29, 0.717) is 16.8 Å². The van der Waals surface area contributed by atoms with Gasteiger partial charge in [0, 0.05) is 23.5 Å². The Kier molecular flexibility index (Phi) is 3.82. The number of rotatable bonds is 4. The number of nitrogen functional groups attached to an aromatic ring is 1. The molecule has 0 radical (unpaired) electrons. The van der Waals surface area contributed by atoms with Crippen LogP contribution in [0.15, 0.2) is 23.2 Å². The Balaban J connectivity index is 2.30. The number of sulfonamides is 1. The van der Waals surface area contributed by atoms with E-state index in [0.717, 1.165) is 11.3 Å². The molecule has 1 aromatic heterocycles. The molecule has 108 valence electrons. The predicted octanol–water partition coefficient (Wildman–Crippen LogP) is 1.40. The van der Waals surface area contributed by atoms with Gasteiger partial charge < -0.3 is 5.73 Å². The number of nitrogens with zero attached hydrogens (tertiary/aromatic N) is 1. The van der Waals surface area contributed by atoms with Crippen LogP contribution >= 0.6 is 0 Å². The van der Waals surface area contributed by atoms with Crippen molar-refractivity contribution in [2.45, 2.75) is 32.2 Å². The van der Waals surface area contributed by atoms with Crippen LogP contribution in [0.4, 0.5) is 5.69 Å². The minimum Gasteiger partial charge on any atom is -0.399 e. The van der Waals surface area contributed by atoms with Crippen molar-refractivity contribution in [1.82, 2.24) is 14.9 Å². The molecule has 0 saturated heterocycles. The van der Waals surface area contributed by atoms with Gasteiger partial charge in [0.2, 0.25) is 10.0 Å². The highest BCUT2D eigenvalue weighted by Crippen LogP contribution is 2.23. The van der Waals surface area contributed by atoms with Gasteiger partial charge in [0.05, 0.1) is 11.1 Å². The van der Waals surface area contributed by atoms with Crippen LogP contribution in [0.5, 0.6) is 0 Å². The number of anilines is 1. The summed E-state index contributed by atoms with van der Waals surface area (Å²) in [6.07, 6.45) is 1.61. The highest BCUT2D eigenvalue weighted by atomic mass is 32.2. The fourth-order valence-corrected chi connectivity index (χ4v) is 3.66. The van der Waals surface area contributed by atoms with Gasteiger partial charge in [-0.3, -0.25) is 5.10 Å². The number of hydrogen-bond acceptors (Lipinski definition) is 4. The molecule has 4 N–H and O–H groups in total. The molecule has 0 amide bonds. The standard InChI is InChI=1S/C13H18N4O2S/c1-8-4-12(14)5-9(2)13(8)20(18,19)16-7-11-6-15-17-10(11)3/h4-6,16H,7,14H2,1-3H3,(H,15,17). The van der Waals surface area contributed by atoms with E-state index in [9.17, 15) is 8.42 Å². The van der Waals surface area contributed by atoms with Gasteiger partial charge in [-0.1, -0.05) is 0 Å². The van der Waals surface area contributed by atoms with Crippen molar-refractivity contribution in [3.8, 4) is 0 Å². The number of aromatic nitrogens is 2. The zero-order valence-corrected chi connectivity index (χ0v) is 12.5. The molecule has 1 aromatic carbocycles. The van der Waals surface area contributed by atoms with Gasteiger partial charge in [-0.25, -0.2) is 13.1 Å². The minimum atomic E-state index is -3.58. The van der Waals surface area contributed by atoms with E-state index >= 15 is 0 Å². The third kappa shape index (κ3) is 2.83. The molecule has 0 bridgehead atoms. The molecule has 0 atom stereocenters. The van der Waals surface area contributed by atoms with Crippen molar-refractivity contribution < 1.29 is 8.42 Å². The number of benzene rings is 1. The largest absolute Gasteiger partial charge is 0.399 e. The second kappa shape index (κ2) is 5.26. The van der Waals surface area contributed by atoms with E-state index in [1.54, 1.807) is 32.2 Å². The quantitative estimate of drug-likeness (QED) is 0.742. The number of nitrogens with two attached hydrogens (primary N) is 1. The highest BCUT2D eigenvalue weighted by Gasteiger charge is 2.20. The normalized spacial score (nSPS) is 11.8. The fourth-order valence-electron chi connectivity index (χ4n) is 2.21. The molecule has 0 saturated carbocycles. The molecular formula is C13H18N4O2S. The number of aromatic amines is 1. The summed E-state index contributed by atoms with van der Waals surface area (Å²) in [7, 11) is -3.58. The van der Waals surface area contributed by atoms with Crippen LogP contribution < -0.4 is 10.5 Å². The van der Waals surface area contributed by atoms with Crippen molar-refractivity contribution in [2.75, 3.05) is 5.73 Å². The Hall–Kier alpha value is -1.86. The molecule has 1 heterocycles. The smallest absolute Gasteiger partial charge is 0.241 e. The van der Waals surface area contributed by atoms with E-state index in [2.05, 4.69) is 14.9 Å². The van der Waals surface area contributed by atoms with E-state index < -0.39 is 10.0 Å². The topological polar surface area (TPSA) is 101 Å². The average molecular weight is 294 g/mol. The van der Waals surface area contributed by atoms with Crippen LogP contribution in [0.25, 0.3) is 0 Å². The van der Waals surface area contributed by atoms with Crippen LogP contribution in [0.2, 0.25) is 0 Å². The van der Waals surface area contributed by atoms with Gasteiger partial charge >= 0.3 is 0 Å². The summed E-state index contributed by atoms with van der Waals surface area (Å²) in [6.45, 7) is 5.52. The van der Waals surface area contributed by atoms with E-state index in [-0.39, 0.29) is 11.4 Å². The third-order valence-electron chi connectivity index (χ3n) is 3.14. The van der Waals surface area contributed by atoms with Crippen LogP contribution in [-0.2, 0) is 16.6 Å². The molecule has 20 heavy (non-hydrogen) atoms. The van der Waals surface area contributed by atoms with E-state index in [1.165, 1.54) is 0 Å². The minimum absolute atomic E-state index is 0.202. The summed E-state index contributed by atoms with van der Waals surface area (Å²) >= 11 is 0. The second-order valence-corrected chi connectivity index (χ2v) is 6.53. The maximum absolute atomic E-state index is 12.4. The molecule has 7 heteroatoms. The van der Waals surface area contributed by atoms with Crippen LogP contribution in [0, 0.1) is 20.8 Å². The number of hydrogen-bond donors (Lipinski definition) is 3. The highest BCUT2D eigenvalue weighted by molar-refractivity contribution is 7.89. The van der Waals surface area contributed by atoms with Crippen molar-refractivity contribution in [1.29, 1.82) is 0 Å². The van der Waals surface area contributed by atoms with Crippen LogP contribution in [0.1, 0.15) is 22.4 Å². The van der Waals surface area contributed by atoms with Gasteiger partial charge in [0.25, 0.3) is 0 Å². The maximum Gasteiger partial charge on any atom is 0.241 e. The first-order valence-electron chi connectivity index (χ1n) is 6.16. The van der Waals surface area contributed by atoms with Gasteiger partial charge in [-0.15, -0.1) is 0 Å². The molecule has 0 aliphatic carbocycles. The molecule has 6 nitrogen and oxygen atoms in total. The SMILES string of the molecule is Cc1cc(N)cc(C)c1S(=O)(=O)NCc1cn[nH]c1C. The zero-order valence-electron chi connectivity index (χ0n) is 11.7. The molecule has 0 fully saturated rings. The van der Waals surface area contributed by atoms with Gasteiger partial charge in [-0.05, 0) is 44.0 Å². The first-order chi connectivity index (χ1) is 9.31. The Morgan fingerprint density at radius 3 is 2.35 bits per heavy atom. The lowest BCUT2D eigenvalue weighted by atomic mass is 10.1. The van der Waals surface area contributed by atoms with Crippen LogP contribution in [0.3, 0.4) is 0 Å². The molecule has 0 unspecified atom stereocenters. The summed E-state index contributed by atoms with van der Waals surface area (Å²) in [5, 5.41) is 6.64. The Labute approximate surface area is 118 Å². The Morgan fingerprint density at radius 2 is 1.85 bits per heavy atom. The fraction of sp³-hybridized carbons (Fsp3) is 0.308. The van der Waals surface area contributed by atoms with Gasteiger partial charge in [0.1, 0.15) is 0 Å². The molecule has 0 spiro atoms. The molecule has 0 aliphatic heterocycles. The first kappa shape index (κ1) is 14.5. The predicted molar refractivity (Wildman–Crippen MR) is 77.7 cm³/mol. The van der Waals surface area contributed by atoms with Crippen molar-refractivity contribution in [3.05, 3.63) is 40.7 Å². The summed E-state index contributed by atoms with van der Waals surface area (Å²) < 4.78 is 27.4. The molecule has 2 rings (SSSR count). The number of H-pyrrole nitrogens is 1. The third-order valence-corrected chi connectivity index (χ3v) is 4.84. The Morgan fingerprint density at radius 1 is 1.25 bits per heavy atom. The zero-order chi connectivity index (χ0) is 14.9. The molecular weight excluding hydrogens is 276 g/mol. The number of nitrogens with one attached hydrogen (secondary N) is 2. The van der Waals surface area contributed by atoms with Crippen molar-refractivity contribution in [3.63, 3.8) is 0 Å². The van der Waals surface area contributed by atoms with E-state index in [1.807, 2.05) is 6.92 Å². The van der Waals surface area contributed by atoms with Crippen molar-refractivity contribution in [2.24, 2.45) is 0 Å². The van der Waals surface area contributed by atoms with Crippen LogP contribution in [-0.4, -0.2) is 18.6 Å². The van der Waals surface area contributed by atoms with Gasteiger partial charge in [0.15, 0.2) is 0 Å². The maximum atomic E-state index is 12.4. The lowest BCUT2D eigenvalue weighted by molar-refractivity contribution is 0.580. The summed E-state index contributed by atoms with van der Waals surface area (Å²) in [5.41, 5.74) is 9.22. The van der Waals surface area contributed by atoms with Crippen molar-refractivity contribution >= 4 is 15.7 Å². The number of aryl methyl sites for hydroxylation is 3. The summed E-state index contributed by atoms with van der Waals surface area (Å²) in [5.74, 6) is 0.